The second kappa shape index (κ2) is 27.5. The zero-order chi connectivity index (χ0) is 62.9. The van der Waals surface area contributed by atoms with Crippen LogP contribution in [0.25, 0.3) is 39.7 Å². The maximum Gasteiger partial charge on any atom is 0.311 e. The number of cyclic esters (lactones) is 1. The van der Waals surface area contributed by atoms with E-state index in [9.17, 15) is 40.4 Å². The summed E-state index contributed by atoms with van der Waals surface area (Å²) in [5.41, 5.74) is -2.28. The Balaban J connectivity index is 1.02. The van der Waals surface area contributed by atoms with Crippen molar-refractivity contribution in [1.29, 1.82) is 5.26 Å². The first-order chi connectivity index (χ1) is 40.5. The lowest BCUT2D eigenvalue weighted by molar-refractivity contribution is -0.315. The van der Waals surface area contributed by atoms with Crippen molar-refractivity contribution in [2.45, 2.75) is 211 Å². The molecule has 4 saturated heterocycles. The van der Waals surface area contributed by atoms with Crippen molar-refractivity contribution in [2.75, 3.05) is 68.0 Å². The lowest BCUT2D eigenvalue weighted by Crippen LogP contribution is -2.61. The highest BCUT2D eigenvalue weighted by atomic mass is 16.7. The Kier molecular flexibility index (Phi) is 21.4. The minimum atomic E-state index is -1.87. The largest absolute Gasteiger partial charge is 0.459 e. The topological polar surface area (TPSA) is 287 Å². The molecule has 6 N–H and O–H groups in total. The van der Waals surface area contributed by atoms with E-state index in [0.29, 0.717) is 36.9 Å². The van der Waals surface area contributed by atoms with Gasteiger partial charge in [0.25, 0.3) is 5.91 Å². The fourth-order valence-electron chi connectivity index (χ4n) is 13.9. The van der Waals surface area contributed by atoms with Gasteiger partial charge < -0.3 is 82.6 Å². The van der Waals surface area contributed by atoms with E-state index in [1.165, 1.54) is 25.0 Å². The molecule has 86 heavy (non-hydrogen) atoms. The van der Waals surface area contributed by atoms with Crippen LogP contribution >= 0.6 is 0 Å². The number of methoxy groups -OCH3 is 1. The Morgan fingerprint density at radius 2 is 1.69 bits per heavy atom. The SMILES string of the molecule is CC[C@H]1OC(=O)[C@H](C)[C@@H](O[C@H]2C[C@@](C)(OC)[C@@H](O)[C@H](C)O2)[C@H](C)[C@@H](O[C@@H]2O[C@H](C)CC(O)C2N(C)CCCN(C)C(=O)/C(C#N)=C/c2ccc(-c3nc4cnc5[nH]ccc5c4n3C3CCN(C)CC3)o2)[C@](C)(O)C[C@@H](C)CN(C)[C@H](C)[C@@H](O)[C@]1(C)O. The normalized spacial score (nSPS) is 36.4. The van der Waals surface area contributed by atoms with Crippen LogP contribution in [-0.4, -0.2) is 235 Å². The lowest BCUT2D eigenvalue weighted by Gasteiger charge is -2.49. The van der Waals surface area contributed by atoms with Gasteiger partial charge in [-0.25, -0.2) is 9.97 Å². The number of nitrogens with one attached hydrogen (secondary N) is 1. The molecule has 1 amide bonds. The first kappa shape index (κ1) is 67.0. The number of pyridine rings is 1. The molecule has 0 aliphatic carbocycles. The highest BCUT2D eigenvalue weighted by Gasteiger charge is 2.53. The number of hydrogen-bond donors (Lipinski definition) is 6. The van der Waals surface area contributed by atoms with Crippen molar-refractivity contribution in [3.8, 4) is 17.7 Å². The minimum Gasteiger partial charge on any atom is -0.459 e. The van der Waals surface area contributed by atoms with Crippen LogP contribution in [0.3, 0.4) is 0 Å². The van der Waals surface area contributed by atoms with Gasteiger partial charge in [0, 0.05) is 82.3 Å². The summed E-state index contributed by atoms with van der Waals surface area (Å²) >= 11 is 0. The number of H-pyrrole nitrogens is 1. The molecule has 4 aromatic heterocycles. The van der Waals surface area contributed by atoms with Gasteiger partial charge in [0.1, 0.15) is 52.5 Å². The number of fused-ring (bicyclic) bond motifs is 3. The molecular formula is C63H97N9O14. The summed E-state index contributed by atoms with van der Waals surface area (Å²) in [7, 11) is 8.91. The zero-order valence-electron chi connectivity index (χ0n) is 53.2. The number of aromatic amines is 1. The van der Waals surface area contributed by atoms with E-state index in [-0.39, 0.29) is 49.8 Å². The number of aliphatic hydroxyl groups excluding tert-OH is 3. The zero-order valence-corrected chi connectivity index (χ0v) is 53.2. The molecule has 0 radical (unpaired) electrons. The molecule has 0 saturated carbocycles. The molecule has 23 heteroatoms. The molecule has 23 nitrogen and oxygen atoms in total. The number of rotatable bonds is 15. The second-order valence-corrected chi connectivity index (χ2v) is 26.2. The van der Waals surface area contributed by atoms with Crippen molar-refractivity contribution >= 4 is 40.0 Å². The van der Waals surface area contributed by atoms with Gasteiger partial charge in [-0.15, -0.1) is 0 Å². The Hall–Kier alpha value is -4.91. The van der Waals surface area contributed by atoms with E-state index in [4.69, 9.17) is 37.8 Å². The first-order valence-electron chi connectivity index (χ1n) is 30.8. The maximum absolute atomic E-state index is 14.7. The highest BCUT2D eigenvalue weighted by molar-refractivity contribution is 6.03. The average Bonchev–Trinajstić information content (AvgIpc) is 1.62. The van der Waals surface area contributed by atoms with Crippen LogP contribution in [0, 0.1) is 29.1 Å². The number of furan rings is 1. The van der Waals surface area contributed by atoms with Crippen molar-refractivity contribution < 1.29 is 68.0 Å². The number of piperidine rings is 1. The Morgan fingerprint density at radius 1 is 0.977 bits per heavy atom. The summed E-state index contributed by atoms with van der Waals surface area (Å²) < 4.78 is 47.5. The molecule has 18 atom stereocenters. The Labute approximate surface area is 506 Å². The molecule has 478 valence electrons. The van der Waals surface area contributed by atoms with E-state index in [1.807, 2.05) is 63.0 Å². The number of aliphatic hydroxyl groups is 5. The van der Waals surface area contributed by atoms with E-state index in [2.05, 4.69) is 32.6 Å². The van der Waals surface area contributed by atoms with Crippen LogP contribution in [0.2, 0.25) is 0 Å². The standard InChI is InChI=1S/C63H97N9O14/c1-16-48-63(10,79)53(74)39(6)71(14)34-35(2)30-61(8,78)55(37(4)52(38(5)59(77)84-48)85-49-31-62(9,80-15)54(75)40(7)82-49)86-60-51(46(73)28-36(3)81-60)69(12)24-17-25-70(13)58(76)41(32-64)29-43-18-19-47(83-43)57-67-45-33-66-56-44(20-23-65-56)50(45)72(57)42-21-26-68(11)27-22-42/h18-20,23,29,33,35-40,42,46,48-49,51-55,60,73-75,78-79H,16-17,21-22,24-28,30-31,34H2,1-15H3,(H,65,66)/b41-29+/t35-,36-,37+,38-,39-,40+,46?,48-,49+,51?,52+,53-,54+,55-,60+,61-,62-,63-/m1/s1. The predicted octanol–water partition coefficient (Wildman–Crippen LogP) is 5.48. The van der Waals surface area contributed by atoms with Gasteiger partial charge in [0.2, 0.25) is 0 Å². The Morgan fingerprint density at radius 3 is 2.36 bits per heavy atom. The van der Waals surface area contributed by atoms with Crippen LogP contribution in [0.5, 0.6) is 0 Å². The number of esters is 1. The number of hydrogen-bond acceptors (Lipinski definition) is 20. The number of imidazole rings is 1. The van der Waals surface area contributed by atoms with E-state index < -0.39 is 114 Å². The van der Waals surface area contributed by atoms with E-state index >= 15 is 0 Å². The average molecular weight is 1200 g/mol. The van der Waals surface area contributed by atoms with Crippen molar-refractivity contribution in [2.24, 2.45) is 17.8 Å². The monoisotopic (exact) mass is 1200 g/mol. The van der Waals surface area contributed by atoms with E-state index in [1.54, 1.807) is 60.9 Å². The highest BCUT2D eigenvalue weighted by Crippen LogP contribution is 2.42. The molecular weight excluding hydrogens is 1110 g/mol. The second-order valence-electron chi connectivity index (χ2n) is 26.2. The molecule has 2 unspecified atom stereocenters. The van der Waals surface area contributed by atoms with Crippen LogP contribution in [-0.2, 0) is 38.0 Å². The third-order valence-corrected chi connectivity index (χ3v) is 19.2. The fraction of sp³-hybridized carbons (Fsp3) is 0.730. The van der Waals surface area contributed by atoms with Crippen molar-refractivity contribution in [3.05, 3.63) is 41.9 Å². The predicted molar refractivity (Wildman–Crippen MR) is 322 cm³/mol. The lowest BCUT2D eigenvalue weighted by atomic mass is 9.77. The summed E-state index contributed by atoms with van der Waals surface area (Å²) in [5.74, 6) is -1.96. The molecule has 8 rings (SSSR count). The van der Waals surface area contributed by atoms with Gasteiger partial charge >= 0.3 is 5.97 Å². The molecule has 0 spiro atoms. The van der Waals surface area contributed by atoms with E-state index in [0.717, 1.165) is 48.0 Å². The van der Waals surface area contributed by atoms with Gasteiger partial charge in [-0.1, -0.05) is 20.8 Å². The number of likely N-dealkylation sites (N-methyl/N-ethyl adjacent to an activating group) is 3. The third kappa shape index (κ3) is 14.2. The number of carbonyl (C=O) groups excluding carboxylic acids is 2. The molecule has 0 bridgehead atoms. The van der Waals surface area contributed by atoms with Crippen molar-refractivity contribution in [1.82, 2.24) is 39.1 Å². The van der Waals surface area contributed by atoms with Gasteiger partial charge in [0.05, 0.1) is 65.4 Å². The molecule has 4 fully saturated rings. The van der Waals surface area contributed by atoms with Gasteiger partial charge in [-0.2, -0.15) is 5.26 Å². The molecule has 4 aromatic rings. The summed E-state index contributed by atoms with van der Waals surface area (Å²) in [6, 6.07) is 6.40. The number of carbonyl (C=O) groups is 2. The van der Waals surface area contributed by atoms with Crippen LogP contribution < -0.4 is 0 Å². The smallest absolute Gasteiger partial charge is 0.311 e. The van der Waals surface area contributed by atoms with Crippen LogP contribution in [0.1, 0.15) is 126 Å². The van der Waals surface area contributed by atoms with Gasteiger partial charge in [-0.3, -0.25) is 14.5 Å². The number of aromatic nitrogens is 4. The van der Waals surface area contributed by atoms with Gasteiger partial charge in [-0.05, 0) is 139 Å². The number of nitriles is 1. The van der Waals surface area contributed by atoms with Crippen LogP contribution in [0.4, 0.5) is 0 Å². The minimum absolute atomic E-state index is 0.0739. The molecule has 0 aromatic carbocycles. The Bertz CT molecular complexity index is 3000. The number of likely N-dealkylation sites (tertiary alicyclic amines) is 1. The number of nitrogens with zero attached hydrogens (tertiary/aromatic N) is 8. The molecule has 4 aliphatic heterocycles. The fourth-order valence-corrected chi connectivity index (χ4v) is 13.9. The number of ether oxygens (including phenoxy) is 6. The quantitative estimate of drug-likeness (QED) is 0.0488. The summed E-state index contributed by atoms with van der Waals surface area (Å²) in [4.78, 5) is 49.1. The number of amides is 1. The van der Waals surface area contributed by atoms with Crippen molar-refractivity contribution in [3.63, 3.8) is 0 Å². The van der Waals surface area contributed by atoms with Crippen LogP contribution in [0.15, 0.2) is 40.6 Å². The summed E-state index contributed by atoms with van der Waals surface area (Å²) in [5, 5.41) is 71.3. The first-order valence-corrected chi connectivity index (χ1v) is 30.8. The third-order valence-electron chi connectivity index (χ3n) is 19.2. The molecule has 4 aliphatic rings. The maximum atomic E-state index is 14.7. The molecule has 8 heterocycles. The summed E-state index contributed by atoms with van der Waals surface area (Å²) in [6.07, 6.45) is -2.09. The summed E-state index contributed by atoms with van der Waals surface area (Å²) in [6.45, 7) is 20.3. The van der Waals surface area contributed by atoms with Gasteiger partial charge in [0.15, 0.2) is 24.2 Å².